The van der Waals surface area contributed by atoms with Gasteiger partial charge in [-0.1, -0.05) is 12.5 Å². The summed E-state index contributed by atoms with van der Waals surface area (Å²) in [6.07, 6.45) is 7.32. The first-order chi connectivity index (χ1) is 10.3. The fourth-order valence-corrected chi connectivity index (χ4v) is 5.46. The zero-order chi connectivity index (χ0) is 14.4. The Morgan fingerprint density at radius 1 is 1.14 bits per heavy atom. The quantitative estimate of drug-likeness (QED) is 0.871. The summed E-state index contributed by atoms with van der Waals surface area (Å²) in [6, 6.07) is 7.24. The van der Waals surface area contributed by atoms with Crippen LogP contribution in [0, 0.1) is 30.6 Å². The van der Waals surface area contributed by atoms with Crippen molar-refractivity contribution in [1.29, 1.82) is 0 Å². The molecule has 1 N–H and O–H groups in total. The lowest BCUT2D eigenvalue weighted by Gasteiger charge is -2.33. The van der Waals surface area contributed by atoms with Crippen LogP contribution in [0.3, 0.4) is 0 Å². The van der Waals surface area contributed by atoms with Crippen molar-refractivity contribution < 1.29 is 4.74 Å². The smallest absolute Gasteiger partial charge is 0.142 e. The fraction of sp³-hybridized carbons (Fsp3) is 0.684. The zero-order valence-corrected chi connectivity index (χ0v) is 13.3. The fourth-order valence-electron chi connectivity index (χ4n) is 5.46. The van der Waals surface area contributed by atoms with E-state index in [1.165, 1.54) is 43.4 Å². The normalized spacial score (nSPS) is 36.8. The number of hydrogen-bond acceptors (Lipinski definition) is 2. The molecule has 5 unspecified atom stereocenters. The summed E-state index contributed by atoms with van der Waals surface area (Å²) in [5.74, 6) is 5.03. The molecule has 21 heavy (non-hydrogen) atoms. The average molecular weight is 285 g/mol. The Morgan fingerprint density at radius 2 is 2.00 bits per heavy atom. The Balaban J connectivity index is 1.52. The monoisotopic (exact) mass is 285 g/mol. The molecule has 0 aromatic heterocycles. The highest BCUT2D eigenvalue weighted by molar-refractivity contribution is 5.58. The van der Waals surface area contributed by atoms with Gasteiger partial charge in [0.05, 0.1) is 12.3 Å². The summed E-state index contributed by atoms with van der Waals surface area (Å²) in [7, 11) is 0. The summed E-state index contributed by atoms with van der Waals surface area (Å²) < 4.78 is 5.83. The lowest BCUT2D eigenvalue weighted by molar-refractivity contribution is 0.242. The van der Waals surface area contributed by atoms with Gasteiger partial charge in [0.25, 0.3) is 0 Å². The Labute approximate surface area is 128 Å². The predicted molar refractivity (Wildman–Crippen MR) is 86.8 cm³/mol. The molecule has 2 nitrogen and oxygen atoms in total. The molecule has 2 heteroatoms. The highest BCUT2D eigenvalue weighted by atomic mass is 16.5. The SMILES string of the molecule is CCOc1cc(C)ccc1NC1CC2CC1C1CCCC21. The number of ether oxygens (including phenoxy) is 1. The molecule has 0 amide bonds. The van der Waals surface area contributed by atoms with E-state index in [-0.39, 0.29) is 0 Å². The molecule has 0 heterocycles. The van der Waals surface area contributed by atoms with Crippen molar-refractivity contribution in [2.75, 3.05) is 11.9 Å². The van der Waals surface area contributed by atoms with Crippen LogP contribution in [0.15, 0.2) is 18.2 Å². The highest BCUT2D eigenvalue weighted by Crippen LogP contribution is 2.59. The van der Waals surface area contributed by atoms with Gasteiger partial charge in [0.1, 0.15) is 5.75 Å². The van der Waals surface area contributed by atoms with Crippen molar-refractivity contribution in [2.24, 2.45) is 23.7 Å². The van der Waals surface area contributed by atoms with E-state index < -0.39 is 0 Å². The third kappa shape index (κ3) is 2.23. The second-order valence-corrected chi connectivity index (χ2v) is 7.34. The van der Waals surface area contributed by atoms with Crippen LogP contribution >= 0.6 is 0 Å². The molecule has 0 radical (unpaired) electrons. The van der Waals surface area contributed by atoms with Gasteiger partial charge in [-0.2, -0.15) is 0 Å². The Bertz CT molecular complexity index is 526. The molecule has 4 rings (SSSR count). The average Bonchev–Trinajstić information content (AvgIpc) is 3.14. The summed E-state index contributed by atoms with van der Waals surface area (Å²) in [5.41, 5.74) is 2.47. The zero-order valence-electron chi connectivity index (χ0n) is 13.3. The topological polar surface area (TPSA) is 21.3 Å². The number of aryl methyl sites for hydroxylation is 1. The van der Waals surface area contributed by atoms with E-state index in [1.54, 1.807) is 0 Å². The second-order valence-electron chi connectivity index (χ2n) is 7.34. The molecule has 0 spiro atoms. The molecule has 3 saturated carbocycles. The summed E-state index contributed by atoms with van der Waals surface area (Å²) in [6.45, 7) is 4.93. The van der Waals surface area contributed by atoms with E-state index in [0.717, 1.165) is 36.0 Å². The van der Waals surface area contributed by atoms with E-state index in [9.17, 15) is 0 Å². The Morgan fingerprint density at radius 3 is 2.86 bits per heavy atom. The minimum atomic E-state index is 0.677. The maximum atomic E-state index is 5.83. The van der Waals surface area contributed by atoms with Crippen molar-refractivity contribution >= 4 is 5.69 Å². The van der Waals surface area contributed by atoms with Crippen LogP contribution in [0.1, 0.15) is 44.6 Å². The molecular weight excluding hydrogens is 258 g/mol. The lowest BCUT2D eigenvalue weighted by Crippen LogP contribution is -2.34. The molecule has 5 atom stereocenters. The minimum Gasteiger partial charge on any atom is -0.492 e. The van der Waals surface area contributed by atoms with Crippen LogP contribution < -0.4 is 10.1 Å². The second kappa shape index (κ2) is 5.23. The van der Waals surface area contributed by atoms with Crippen LogP contribution in [0.4, 0.5) is 5.69 Å². The van der Waals surface area contributed by atoms with Crippen molar-refractivity contribution in [1.82, 2.24) is 0 Å². The van der Waals surface area contributed by atoms with Gasteiger partial charge < -0.3 is 10.1 Å². The van der Waals surface area contributed by atoms with Crippen LogP contribution in [0.25, 0.3) is 0 Å². The van der Waals surface area contributed by atoms with Gasteiger partial charge in [-0.25, -0.2) is 0 Å². The first-order valence-electron chi connectivity index (χ1n) is 8.76. The number of anilines is 1. The number of benzene rings is 1. The number of rotatable bonds is 4. The van der Waals surface area contributed by atoms with Crippen molar-refractivity contribution in [2.45, 2.75) is 52.0 Å². The van der Waals surface area contributed by atoms with E-state index in [0.29, 0.717) is 6.04 Å². The third-order valence-electron chi connectivity index (χ3n) is 6.21. The predicted octanol–water partition coefficient (Wildman–Crippen LogP) is 4.63. The largest absolute Gasteiger partial charge is 0.492 e. The van der Waals surface area contributed by atoms with Gasteiger partial charge in [0.15, 0.2) is 0 Å². The third-order valence-corrected chi connectivity index (χ3v) is 6.21. The van der Waals surface area contributed by atoms with Crippen LogP contribution in [0.5, 0.6) is 5.75 Å². The molecular formula is C19H27NO. The van der Waals surface area contributed by atoms with Gasteiger partial charge in [0, 0.05) is 6.04 Å². The van der Waals surface area contributed by atoms with Crippen LogP contribution in [-0.4, -0.2) is 12.6 Å². The van der Waals surface area contributed by atoms with Gasteiger partial charge in [-0.15, -0.1) is 0 Å². The summed E-state index contributed by atoms with van der Waals surface area (Å²) >= 11 is 0. The van der Waals surface area contributed by atoms with E-state index in [2.05, 4.69) is 37.4 Å². The van der Waals surface area contributed by atoms with Gasteiger partial charge >= 0.3 is 0 Å². The lowest BCUT2D eigenvalue weighted by atomic mass is 9.79. The number of hydrogen-bond donors (Lipinski definition) is 1. The van der Waals surface area contributed by atoms with Crippen molar-refractivity contribution in [3.8, 4) is 5.75 Å². The van der Waals surface area contributed by atoms with E-state index >= 15 is 0 Å². The van der Waals surface area contributed by atoms with E-state index in [1.807, 2.05) is 0 Å². The molecule has 1 aromatic carbocycles. The number of fused-ring (bicyclic) bond motifs is 5. The molecule has 0 aliphatic heterocycles. The summed E-state index contributed by atoms with van der Waals surface area (Å²) in [5, 5.41) is 3.84. The standard InChI is InChI=1S/C19H27NO/c1-3-21-19-9-12(2)7-8-17(19)20-18-11-13-10-16(18)15-6-4-5-14(13)15/h7-9,13-16,18,20H,3-6,10-11H2,1-2H3. The maximum absolute atomic E-state index is 5.83. The maximum Gasteiger partial charge on any atom is 0.142 e. The van der Waals surface area contributed by atoms with Crippen LogP contribution in [0.2, 0.25) is 0 Å². The van der Waals surface area contributed by atoms with Crippen LogP contribution in [-0.2, 0) is 0 Å². The molecule has 1 aromatic rings. The molecule has 3 aliphatic rings. The van der Waals surface area contributed by atoms with Gasteiger partial charge in [-0.3, -0.25) is 0 Å². The van der Waals surface area contributed by atoms with Crippen molar-refractivity contribution in [3.63, 3.8) is 0 Å². The Hall–Kier alpha value is -1.18. The number of nitrogens with one attached hydrogen (secondary N) is 1. The highest BCUT2D eigenvalue weighted by Gasteiger charge is 2.53. The van der Waals surface area contributed by atoms with Crippen molar-refractivity contribution in [3.05, 3.63) is 23.8 Å². The first kappa shape index (κ1) is 13.5. The molecule has 2 bridgehead atoms. The molecule has 3 aliphatic carbocycles. The molecule has 3 fully saturated rings. The minimum absolute atomic E-state index is 0.677. The van der Waals surface area contributed by atoms with E-state index in [4.69, 9.17) is 4.74 Å². The first-order valence-corrected chi connectivity index (χ1v) is 8.76. The molecule has 0 saturated heterocycles. The van der Waals surface area contributed by atoms with Gasteiger partial charge in [-0.05, 0) is 80.9 Å². The molecule has 114 valence electrons. The Kier molecular flexibility index (Phi) is 3.35. The van der Waals surface area contributed by atoms with Gasteiger partial charge in [0.2, 0.25) is 0 Å². The summed E-state index contributed by atoms with van der Waals surface area (Å²) in [4.78, 5) is 0.